The first-order chi connectivity index (χ1) is 8.77. The van der Waals surface area contributed by atoms with Crippen molar-refractivity contribution in [3.63, 3.8) is 0 Å². The lowest BCUT2D eigenvalue weighted by Gasteiger charge is -2.37. The normalized spacial score (nSPS) is 17.8. The molecule has 0 saturated heterocycles. The van der Waals surface area contributed by atoms with Crippen molar-refractivity contribution in [2.75, 3.05) is 0 Å². The van der Waals surface area contributed by atoms with Crippen molar-refractivity contribution in [2.24, 2.45) is 0 Å². The maximum absolute atomic E-state index is 12.3. The molecule has 0 radical (unpaired) electrons. The topological polar surface area (TPSA) is 83.5 Å². The fourth-order valence-electron chi connectivity index (χ4n) is 1.90. The highest BCUT2D eigenvalue weighted by Gasteiger charge is 2.47. The third-order valence-electron chi connectivity index (χ3n) is 3.13. The standard InChI is InChI=1S/C11H11Br2NO4S/c12-7-2-3-9(8(13)6-7)19(17,18)14-11(10(15)16)4-1-5-11/h2-3,6,14H,1,4-5H2,(H,15,16). The highest BCUT2D eigenvalue weighted by Crippen LogP contribution is 2.35. The summed E-state index contributed by atoms with van der Waals surface area (Å²) in [5.74, 6) is -1.13. The zero-order chi connectivity index (χ0) is 14.3. The van der Waals surface area contributed by atoms with Crippen molar-refractivity contribution in [1.82, 2.24) is 4.72 Å². The smallest absolute Gasteiger partial charge is 0.324 e. The van der Waals surface area contributed by atoms with Crippen LogP contribution >= 0.6 is 31.9 Å². The third kappa shape index (κ3) is 2.86. The largest absolute Gasteiger partial charge is 0.480 e. The molecule has 0 aliphatic heterocycles. The van der Waals surface area contributed by atoms with Gasteiger partial charge in [0.15, 0.2) is 0 Å². The number of carbonyl (C=O) groups is 1. The molecule has 0 atom stereocenters. The Hall–Kier alpha value is -0.440. The number of benzene rings is 1. The van der Waals surface area contributed by atoms with E-state index >= 15 is 0 Å². The number of rotatable bonds is 4. The van der Waals surface area contributed by atoms with Crippen molar-refractivity contribution in [2.45, 2.75) is 29.7 Å². The fraction of sp³-hybridized carbons (Fsp3) is 0.364. The number of sulfonamides is 1. The lowest BCUT2D eigenvalue weighted by atomic mass is 9.78. The van der Waals surface area contributed by atoms with Crippen LogP contribution in [0.3, 0.4) is 0 Å². The van der Waals surface area contributed by atoms with E-state index in [1.807, 2.05) is 0 Å². The summed E-state index contributed by atoms with van der Waals surface area (Å²) < 4.78 is 27.9. The minimum atomic E-state index is -3.87. The predicted molar refractivity (Wildman–Crippen MR) is 76.4 cm³/mol. The predicted octanol–water partition coefficient (Wildman–Crippen LogP) is 2.50. The number of hydrogen-bond acceptors (Lipinski definition) is 3. The van der Waals surface area contributed by atoms with Gasteiger partial charge in [0.05, 0.1) is 4.90 Å². The summed E-state index contributed by atoms with van der Waals surface area (Å²) in [6.45, 7) is 0. The van der Waals surface area contributed by atoms with E-state index in [0.717, 1.165) is 4.47 Å². The summed E-state index contributed by atoms with van der Waals surface area (Å²) in [5.41, 5.74) is -1.36. The van der Waals surface area contributed by atoms with Gasteiger partial charge in [0.2, 0.25) is 10.0 Å². The van der Waals surface area contributed by atoms with Crippen molar-refractivity contribution in [1.29, 1.82) is 0 Å². The van der Waals surface area contributed by atoms with Crippen molar-refractivity contribution in [3.8, 4) is 0 Å². The van der Waals surface area contributed by atoms with Gasteiger partial charge in [-0.1, -0.05) is 15.9 Å². The Kier molecular flexibility index (Phi) is 4.06. The van der Waals surface area contributed by atoms with Gasteiger partial charge in [-0.2, -0.15) is 4.72 Å². The molecule has 5 nitrogen and oxygen atoms in total. The molecule has 1 saturated carbocycles. The molecule has 2 N–H and O–H groups in total. The van der Waals surface area contributed by atoms with Gasteiger partial charge < -0.3 is 5.11 Å². The molecule has 1 aromatic carbocycles. The second-order valence-corrected chi connectivity index (χ2v) is 7.84. The van der Waals surface area contributed by atoms with Crippen LogP contribution in [0.25, 0.3) is 0 Å². The number of hydrogen-bond donors (Lipinski definition) is 2. The summed E-state index contributed by atoms with van der Waals surface area (Å²) in [4.78, 5) is 11.2. The summed E-state index contributed by atoms with van der Waals surface area (Å²) in [6.07, 6.45) is 1.34. The van der Waals surface area contributed by atoms with Gasteiger partial charge >= 0.3 is 5.97 Å². The van der Waals surface area contributed by atoms with Gasteiger partial charge in [-0.3, -0.25) is 4.79 Å². The lowest BCUT2D eigenvalue weighted by molar-refractivity contribution is -0.147. The molecule has 0 heterocycles. The van der Waals surface area contributed by atoms with E-state index in [1.54, 1.807) is 12.1 Å². The minimum absolute atomic E-state index is 0.0308. The number of carboxylic acids is 1. The Bertz CT molecular complexity index is 626. The Morgan fingerprint density at radius 3 is 2.37 bits per heavy atom. The Balaban J connectivity index is 2.35. The molecule has 0 amide bonds. The summed E-state index contributed by atoms with van der Waals surface area (Å²) in [5, 5.41) is 9.16. The van der Waals surface area contributed by atoms with E-state index < -0.39 is 21.5 Å². The number of halogens is 2. The van der Waals surface area contributed by atoms with Crippen LogP contribution in [0.15, 0.2) is 32.0 Å². The Morgan fingerprint density at radius 1 is 1.32 bits per heavy atom. The van der Waals surface area contributed by atoms with Crippen molar-refractivity contribution in [3.05, 3.63) is 27.1 Å². The maximum atomic E-state index is 12.3. The molecule has 8 heteroatoms. The van der Waals surface area contributed by atoms with Crippen LogP contribution in [-0.2, 0) is 14.8 Å². The van der Waals surface area contributed by atoms with E-state index in [9.17, 15) is 13.2 Å². The average Bonchev–Trinajstić information content (AvgIpc) is 2.22. The lowest BCUT2D eigenvalue weighted by Crippen LogP contribution is -2.58. The highest BCUT2D eigenvalue weighted by molar-refractivity contribution is 9.11. The van der Waals surface area contributed by atoms with Crippen LogP contribution in [0.5, 0.6) is 0 Å². The first-order valence-corrected chi connectivity index (χ1v) is 8.56. The van der Waals surface area contributed by atoms with E-state index in [2.05, 4.69) is 36.6 Å². The SMILES string of the molecule is O=C(O)C1(NS(=O)(=O)c2ccc(Br)cc2Br)CCC1. The monoisotopic (exact) mass is 411 g/mol. The van der Waals surface area contributed by atoms with Crippen LogP contribution in [0.2, 0.25) is 0 Å². The van der Waals surface area contributed by atoms with E-state index in [-0.39, 0.29) is 4.90 Å². The quantitative estimate of drug-likeness (QED) is 0.795. The van der Waals surface area contributed by atoms with E-state index in [0.29, 0.717) is 23.7 Å². The molecule has 1 aliphatic rings. The number of nitrogens with one attached hydrogen (secondary N) is 1. The second kappa shape index (κ2) is 5.16. The molecular formula is C11H11Br2NO4S. The summed E-state index contributed by atoms with van der Waals surface area (Å²) in [7, 11) is -3.87. The maximum Gasteiger partial charge on any atom is 0.324 e. The van der Waals surface area contributed by atoms with Crippen LogP contribution in [-0.4, -0.2) is 25.0 Å². The minimum Gasteiger partial charge on any atom is -0.480 e. The molecule has 1 fully saturated rings. The zero-order valence-electron chi connectivity index (χ0n) is 9.69. The molecule has 2 rings (SSSR count). The molecule has 1 aliphatic carbocycles. The van der Waals surface area contributed by atoms with Gasteiger partial charge in [-0.25, -0.2) is 8.42 Å². The van der Waals surface area contributed by atoms with Gasteiger partial charge in [0.25, 0.3) is 0 Å². The summed E-state index contributed by atoms with van der Waals surface area (Å²) in [6, 6.07) is 4.61. The molecule has 1 aromatic rings. The van der Waals surface area contributed by atoms with Crippen LogP contribution < -0.4 is 4.72 Å². The van der Waals surface area contributed by atoms with Crippen molar-refractivity contribution >= 4 is 47.9 Å². The molecule has 0 spiro atoms. The molecule has 104 valence electrons. The second-order valence-electron chi connectivity index (χ2n) is 4.42. The molecule has 0 unspecified atom stereocenters. The van der Waals surface area contributed by atoms with Crippen LogP contribution in [0, 0.1) is 0 Å². The van der Waals surface area contributed by atoms with Crippen LogP contribution in [0.4, 0.5) is 0 Å². The van der Waals surface area contributed by atoms with Gasteiger partial charge in [-0.15, -0.1) is 0 Å². The van der Waals surface area contributed by atoms with Gasteiger partial charge in [-0.05, 0) is 53.4 Å². The molecular weight excluding hydrogens is 402 g/mol. The Morgan fingerprint density at radius 2 is 1.95 bits per heavy atom. The highest BCUT2D eigenvalue weighted by atomic mass is 79.9. The van der Waals surface area contributed by atoms with E-state index in [1.165, 1.54) is 6.07 Å². The third-order valence-corrected chi connectivity index (χ3v) is 6.14. The first-order valence-electron chi connectivity index (χ1n) is 5.49. The van der Waals surface area contributed by atoms with Gasteiger partial charge in [0, 0.05) is 8.95 Å². The van der Waals surface area contributed by atoms with Crippen molar-refractivity contribution < 1.29 is 18.3 Å². The number of carboxylic acid groups (broad SMARTS) is 1. The molecule has 0 bridgehead atoms. The fourth-order valence-corrected chi connectivity index (χ4v) is 5.06. The van der Waals surface area contributed by atoms with Crippen LogP contribution in [0.1, 0.15) is 19.3 Å². The van der Waals surface area contributed by atoms with Gasteiger partial charge in [0.1, 0.15) is 5.54 Å². The Labute approximate surface area is 127 Å². The zero-order valence-corrected chi connectivity index (χ0v) is 13.7. The average molecular weight is 413 g/mol. The number of aliphatic carboxylic acids is 1. The summed E-state index contributed by atoms with van der Waals surface area (Å²) >= 11 is 6.40. The molecule has 0 aromatic heterocycles. The first kappa shape index (κ1) is 15.0. The molecule has 19 heavy (non-hydrogen) atoms. The van der Waals surface area contributed by atoms with E-state index in [4.69, 9.17) is 5.11 Å².